The molecule has 0 N–H and O–H groups in total. The molecule has 0 saturated carbocycles. The van der Waals surface area contributed by atoms with Crippen molar-refractivity contribution < 1.29 is 0 Å². The maximum absolute atomic E-state index is 3.78. The van der Waals surface area contributed by atoms with E-state index in [1.165, 1.54) is 11.1 Å². The number of benzene rings is 1. The molecule has 0 aliphatic carbocycles. The summed E-state index contributed by atoms with van der Waals surface area (Å²) in [5.74, 6) is 0. The summed E-state index contributed by atoms with van der Waals surface area (Å²) in [6.45, 7) is 5.81. The van der Waals surface area contributed by atoms with E-state index >= 15 is 0 Å². The second-order valence-corrected chi connectivity index (χ2v) is 2.68. The van der Waals surface area contributed by atoms with Crippen LogP contribution in [0.2, 0.25) is 0 Å². The maximum Gasteiger partial charge on any atom is -0.00916 e. The summed E-state index contributed by atoms with van der Waals surface area (Å²) in [5.41, 5.74) is 2.57. The van der Waals surface area contributed by atoms with E-state index in [4.69, 9.17) is 0 Å². The van der Waals surface area contributed by atoms with Gasteiger partial charge in [-0.25, -0.2) is 0 Å². The van der Waals surface area contributed by atoms with Gasteiger partial charge in [0.1, 0.15) is 0 Å². The Hall–Kier alpha value is -1.30. The molecule has 1 rings (SSSR count). The third-order valence-electron chi connectivity index (χ3n) is 1.85. The van der Waals surface area contributed by atoms with Gasteiger partial charge >= 0.3 is 0 Å². The molecule has 0 heteroatoms. The molecule has 62 valence electrons. The van der Waals surface area contributed by atoms with E-state index in [2.05, 4.69) is 36.9 Å². The first-order chi connectivity index (χ1) is 5.88. The van der Waals surface area contributed by atoms with Crippen molar-refractivity contribution in [2.45, 2.75) is 13.3 Å². The largest absolute Gasteiger partial charge is 0.0985 e. The van der Waals surface area contributed by atoms with Crippen LogP contribution in [0.5, 0.6) is 0 Å². The van der Waals surface area contributed by atoms with Crippen LogP contribution in [0.15, 0.2) is 43.0 Å². The average Bonchev–Trinajstić information content (AvgIpc) is 2.15. The summed E-state index contributed by atoms with van der Waals surface area (Å²) in [4.78, 5) is 0. The summed E-state index contributed by atoms with van der Waals surface area (Å²) in [7, 11) is 0. The van der Waals surface area contributed by atoms with Crippen LogP contribution in [0, 0.1) is 0 Å². The van der Waals surface area contributed by atoms with Gasteiger partial charge in [0.15, 0.2) is 0 Å². The highest BCUT2D eigenvalue weighted by Gasteiger charge is 1.93. The van der Waals surface area contributed by atoms with E-state index in [-0.39, 0.29) is 0 Å². The molecule has 0 aliphatic rings. The van der Waals surface area contributed by atoms with Gasteiger partial charge in [0, 0.05) is 0 Å². The highest BCUT2D eigenvalue weighted by Crippen LogP contribution is 2.10. The Morgan fingerprint density at radius 2 is 2.08 bits per heavy atom. The molecular weight excluding hydrogens is 144 g/mol. The number of hydrogen-bond donors (Lipinski definition) is 0. The second kappa shape index (κ2) is 4.55. The minimum Gasteiger partial charge on any atom is -0.0985 e. The summed E-state index contributed by atoms with van der Waals surface area (Å²) in [6.07, 6.45) is 7.12. The molecule has 0 aliphatic heterocycles. The highest BCUT2D eigenvalue weighted by molar-refractivity contribution is 5.52. The smallest absolute Gasteiger partial charge is 0.00916 e. The Labute approximate surface area is 74.2 Å². The molecule has 0 bridgehead atoms. The predicted octanol–water partition coefficient (Wildman–Crippen LogP) is 3.45. The van der Waals surface area contributed by atoms with Gasteiger partial charge in [-0.15, -0.1) is 0 Å². The van der Waals surface area contributed by atoms with Gasteiger partial charge in [-0.3, -0.25) is 0 Å². The van der Waals surface area contributed by atoms with Crippen LogP contribution in [0.1, 0.15) is 18.1 Å². The predicted molar refractivity (Wildman–Crippen MR) is 55.1 cm³/mol. The van der Waals surface area contributed by atoms with E-state index in [9.17, 15) is 0 Å². The van der Waals surface area contributed by atoms with Gasteiger partial charge in [-0.2, -0.15) is 0 Å². The molecule has 0 unspecified atom stereocenters. The van der Waals surface area contributed by atoms with Crippen molar-refractivity contribution in [3.63, 3.8) is 0 Å². The molecule has 0 fully saturated rings. The fourth-order valence-corrected chi connectivity index (χ4v) is 1.16. The molecule has 0 spiro atoms. The molecule has 1 aromatic rings. The Balaban J connectivity index is 2.89. The summed E-state index contributed by atoms with van der Waals surface area (Å²) in [6, 6.07) is 8.32. The lowest BCUT2D eigenvalue weighted by molar-refractivity contribution is 1.25. The van der Waals surface area contributed by atoms with Gasteiger partial charge in [-0.1, -0.05) is 49.1 Å². The van der Waals surface area contributed by atoms with Crippen LogP contribution in [-0.2, 0) is 6.42 Å². The molecule has 0 amide bonds. The fraction of sp³-hybridized carbons (Fsp3) is 0.167. The quantitative estimate of drug-likeness (QED) is 0.591. The molecular formula is C12H14. The standard InChI is InChI=1S/C12H14/c1-3-5-8-12-10-7-6-9-11(12)4-2/h3-7,9-10H,2,8H2,1H3/b5-3+. The van der Waals surface area contributed by atoms with Crippen molar-refractivity contribution in [3.05, 3.63) is 54.1 Å². The number of hydrogen-bond acceptors (Lipinski definition) is 0. The molecule has 0 heterocycles. The molecule has 1 aromatic carbocycles. The van der Waals surface area contributed by atoms with Crippen molar-refractivity contribution in [2.75, 3.05) is 0 Å². The minimum absolute atomic E-state index is 0.999. The SMILES string of the molecule is C=Cc1ccccc1C/C=C/C. The van der Waals surface area contributed by atoms with E-state index in [1.807, 2.05) is 19.1 Å². The van der Waals surface area contributed by atoms with Crippen LogP contribution in [0.3, 0.4) is 0 Å². The normalized spacial score (nSPS) is 10.4. The Bertz CT molecular complexity index is 282. The van der Waals surface area contributed by atoms with Gasteiger partial charge in [0.25, 0.3) is 0 Å². The second-order valence-electron chi connectivity index (χ2n) is 2.68. The third kappa shape index (κ3) is 2.09. The Morgan fingerprint density at radius 3 is 2.75 bits per heavy atom. The molecule has 0 atom stereocenters. The molecule has 12 heavy (non-hydrogen) atoms. The first kappa shape index (κ1) is 8.79. The van der Waals surface area contributed by atoms with E-state index in [0.29, 0.717) is 0 Å². The van der Waals surface area contributed by atoms with Gasteiger partial charge in [0.2, 0.25) is 0 Å². The Kier molecular flexibility index (Phi) is 3.34. The molecule has 0 aromatic heterocycles. The zero-order chi connectivity index (χ0) is 8.81. The molecule has 0 radical (unpaired) electrons. The van der Waals surface area contributed by atoms with Crippen molar-refractivity contribution >= 4 is 6.08 Å². The van der Waals surface area contributed by atoms with Crippen molar-refractivity contribution in [1.29, 1.82) is 0 Å². The third-order valence-corrected chi connectivity index (χ3v) is 1.85. The van der Waals surface area contributed by atoms with Gasteiger partial charge < -0.3 is 0 Å². The zero-order valence-electron chi connectivity index (χ0n) is 7.46. The average molecular weight is 158 g/mol. The van der Waals surface area contributed by atoms with Crippen molar-refractivity contribution in [3.8, 4) is 0 Å². The van der Waals surface area contributed by atoms with Gasteiger partial charge in [-0.05, 0) is 24.5 Å². The monoisotopic (exact) mass is 158 g/mol. The van der Waals surface area contributed by atoms with Crippen LogP contribution in [0.4, 0.5) is 0 Å². The lowest BCUT2D eigenvalue weighted by Crippen LogP contribution is -1.84. The lowest BCUT2D eigenvalue weighted by atomic mass is 10.0. The van der Waals surface area contributed by atoms with Crippen LogP contribution in [0.25, 0.3) is 6.08 Å². The van der Waals surface area contributed by atoms with Crippen LogP contribution in [-0.4, -0.2) is 0 Å². The fourth-order valence-electron chi connectivity index (χ4n) is 1.16. The van der Waals surface area contributed by atoms with Crippen molar-refractivity contribution in [1.82, 2.24) is 0 Å². The first-order valence-electron chi connectivity index (χ1n) is 4.20. The molecule has 0 saturated heterocycles. The minimum atomic E-state index is 0.999. The number of allylic oxidation sites excluding steroid dienone is 2. The van der Waals surface area contributed by atoms with E-state index in [0.717, 1.165) is 6.42 Å². The first-order valence-corrected chi connectivity index (χ1v) is 4.20. The van der Waals surface area contributed by atoms with Crippen molar-refractivity contribution in [2.24, 2.45) is 0 Å². The topological polar surface area (TPSA) is 0 Å². The van der Waals surface area contributed by atoms with Crippen LogP contribution >= 0.6 is 0 Å². The lowest BCUT2D eigenvalue weighted by Gasteiger charge is -2.00. The zero-order valence-corrected chi connectivity index (χ0v) is 7.46. The summed E-state index contributed by atoms with van der Waals surface area (Å²) < 4.78 is 0. The van der Waals surface area contributed by atoms with Crippen LogP contribution < -0.4 is 0 Å². The van der Waals surface area contributed by atoms with Gasteiger partial charge in [0.05, 0.1) is 0 Å². The molecule has 0 nitrogen and oxygen atoms in total. The summed E-state index contributed by atoms with van der Waals surface area (Å²) >= 11 is 0. The van der Waals surface area contributed by atoms with E-state index < -0.39 is 0 Å². The summed E-state index contributed by atoms with van der Waals surface area (Å²) in [5, 5.41) is 0. The highest BCUT2D eigenvalue weighted by atomic mass is 14.0. The van der Waals surface area contributed by atoms with E-state index in [1.54, 1.807) is 0 Å². The maximum atomic E-state index is 3.78. The number of rotatable bonds is 3. The Morgan fingerprint density at radius 1 is 1.33 bits per heavy atom.